The van der Waals surface area contributed by atoms with Crippen LogP contribution in [-0.2, 0) is 0 Å². The molecule has 1 amide bonds. The molecule has 1 fully saturated rings. The van der Waals surface area contributed by atoms with Gasteiger partial charge in [-0.25, -0.2) is 4.98 Å². The number of nitrogens with zero attached hydrogens (tertiary/aromatic N) is 2. The smallest absolute Gasteiger partial charge is 0.255 e. The minimum Gasteiger partial charge on any atom is -0.457 e. The summed E-state index contributed by atoms with van der Waals surface area (Å²) in [5.74, 6) is 3.01. The summed E-state index contributed by atoms with van der Waals surface area (Å²) in [4.78, 5) is 19.4. The Kier molecular flexibility index (Phi) is 5.75. The molecule has 1 aromatic heterocycles. The Morgan fingerprint density at radius 3 is 2.48 bits per heavy atom. The van der Waals surface area contributed by atoms with E-state index in [4.69, 9.17) is 4.74 Å². The molecule has 1 aliphatic rings. The Bertz CT molecular complexity index is 940. The Morgan fingerprint density at radius 2 is 1.83 bits per heavy atom. The van der Waals surface area contributed by atoms with Crippen LogP contribution < -0.4 is 15.0 Å². The van der Waals surface area contributed by atoms with Gasteiger partial charge >= 0.3 is 0 Å². The molecule has 0 saturated carbocycles. The molecular formula is C24H25N3O2. The maximum atomic E-state index is 12.5. The van der Waals surface area contributed by atoms with Crippen molar-refractivity contribution in [2.75, 3.05) is 23.3 Å². The lowest BCUT2D eigenvalue weighted by molar-refractivity contribution is 0.102. The third-order valence-electron chi connectivity index (χ3n) is 5.29. The van der Waals surface area contributed by atoms with Crippen LogP contribution in [0.3, 0.4) is 0 Å². The summed E-state index contributed by atoms with van der Waals surface area (Å²) < 4.78 is 5.76. The fraction of sp³-hybridized carbons (Fsp3) is 0.250. The summed E-state index contributed by atoms with van der Waals surface area (Å²) in [7, 11) is 0. The lowest BCUT2D eigenvalue weighted by atomic mass is 10.1. The molecule has 2 heterocycles. The molecule has 0 spiro atoms. The Labute approximate surface area is 171 Å². The van der Waals surface area contributed by atoms with Crippen LogP contribution in [0.2, 0.25) is 0 Å². The molecule has 1 atom stereocenters. The van der Waals surface area contributed by atoms with Crippen molar-refractivity contribution in [2.45, 2.75) is 19.8 Å². The number of ether oxygens (including phenoxy) is 1. The van der Waals surface area contributed by atoms with Crippen molar-refractivity contribution in [1.29, 1.82) is 0 Å². The van der Waals surface area contributed by atoms with E-state index in [1.54, 1.807) is 30.5 Å². The topological polar surface area (TPSA) is 54.5 Å². The molecule has 0 radical (unpaired) electrons. The molecule has 1 aliphatic heterocycles. The zero-order valence-corrected chi connectivity index (χ0v) is 16.5. The van der Waals surface area contributed by atoms with Gasteiger partial charge in [-0.05, 0) is 60.9 Å². The predicted molar refractivity (Wildman–Crippen MR) is 116 cm³/mol. The Balaban J connectivity index is 1.35. The third kappa shape index (κ3) is 4.74. The number of amides is 1. The summed E-state index contributed by atoms with van der Waals surface area (Å²) in [5, 5.41) is 2.90. The fourth-order valence-electron chi connectivity index (χ4n) is 3.52. The number of hydrogen-bond donors (Lipinski definition) is 1. The number of carbonyl (C=O) groups is 1. The van der Waals surface area contributed by atoms with Crippen LogP contribution in [-0.4, -0.2) is 24.0 Å². The number of benzene rings is 2. The summed E-state index contributed by atoms with van der Waals surface area (Å²) in [5.41, 5.74) is 1.26. The first-order valence-electron chi connectivity index (χ1n) is 10.1. The molecule has 0 bridgehead atoms. The number of hydrogen-bond acceptors (Lipinski definition) is 4. The number of pyridine rings is 1. The third-order valence-corrected chi connectivity index (χ3v) is 5.29. The molecule has 148 valence electrons. The van der Waals surface area contributed by atoms with Crippen molar-refractivity contribution in [3.05, 3.63) is 78.5 Å². The summed E-state index contributed by atoms with van der Waals surface area (Å²) in [6.45, 7) is 4.35. The van der Waals surface area contributed by atoms with E-state index in [1.165, 1.54) is 12.8 Å². The average molecular weight is 387 g/mol. The first-order valence-corrected chi connectivity index (χ1v) is 10.1. The first kappa shape index (κ1) is 19.0. The van der Waals surface area contributed by atoms with Crippen molar-refractivity contribution in [1.82, 2.24) is 4.98 Å². The summed E-state index contributed by atoms with van der Waals surface area (Å²) in [6.07, 6.45) is 4.15. The highest BCUT2D eigenvalue weighted by Crippen LogP contribution is 2.25. The van der Waals surface area contributed by atoms with Crippen LogP contribution in [0.15, 0.2) is 72.9 Å². The summed E-state index contributed by atoms with van der Waals surface area (Å²) >= 11 is 0. The number of para-hydroxylation sites is 1. The Hall–Kier alpha value is -3.34. The zero-order chi connectivity index (χ0) is 20.1. The molecule has 0 aliphatic carbocycles. The van der Waals surface area contributed by atoms with Gasteiger partial charge in [-0.2, -0.15) is 0 Å². The zero-order valence-electron chi connectivity index (χ0n) is 16.5. The molecule has 3 aromatic rings. The molecule has 2 aromatic carbocycles. The second-order valence-corrected chi connectivity index (χ2v) is 7.31. The number of aromatic nitrogens is 1. The molecular weight excluding hydrogens is 362 g/mol. The number of rotatable bonds is 6. The van der Waals surface area contributed by atoms with E-state index in [9.17, 15) is 4.79 Å². The molecule has 29 heavy (non-hydrogen) atoms. The van der Waals surface area contributed by atoms with Gasteiger partial charge in [0.15, 0.2) is 0 Å². The van der Waals surface area contributed by atoms with E-state index in [-0.39, 0.29) is 5.91 Å². The largest absolute Gasteiger partial charge is 0.457 e. The van der Waals surface area contributed by atoms with Gasteiger partial charge in [-0.15, -0.1) is 0 Å². The molecule has 5 heteroatoms. The van der Waals surface area contributed by atoms with E-state index < -0.39 is 0 Å². The Morgan fingerprint density at radius 1 is 1.07 bits per heavy atom. The van der Waals surface area contributed by atoms with Gasteiger partial charge in [0.2, 0.25) is 0 Å². The second kappa shape index (κ2) is 8.78. The maximum Gasteiger partial charge on any atom is 0.255 e. The van der Waals surface area contributed by atoms with E-state index in [0.29, 0.717) is 17.0 Å². The molecule has 4 rings (SSSR count). The van der Waals surface area contributed by atoms with Gasteiger partial charge in [0.1, 0.15) is 17.3 Å². The van der Waals surface area contributed by atoms with Crippen LogP contribution in [0.25, 0.3) is 0 Å². The van der Waals surface area contributed by atoms with Crippen LogP contribution >= 0.6 is 0 Å². The van der Waals surface area contributed by atoms with Gasteiger partial charge in [0.25, 0.3) is 5.91 Å². The standard InChI is InChI=1S/C24H25N3O2/c1-2-18-14-15-27(17-18)23-13-10-20(16-25-23)26-24(28)19-8-11-22(12-9-19)29-21-6-4-3-5-7-21/h3-13,16,18H,2,14-15,17H2,1H3,(H,26,28). The average Bonchev–Trinajstić information content (AvgIpc) is 3.25. The van der Waals surface area contributed by atoms with Crippen molar-refractivity contribution in [3.8, 4) is 11.5 Å². The molecule has 1 N–H and O–H groups in total. The highest BCUT2D eigenvalue weighted by molar-refractivity contribution is 6.04. The van der Waals surface area contributed by atoms with Crippen molar-refractivity contribution < 1.29 is 9.53 Å². The fourth-order valence-corrected chi connectivity index (χ4v) is 3.52. The monoisotopic (exact) mass is 387 g/mol. The van der Waals surface area contributed by atoms with Gasteiger partial charge in [-0.3, -0.25) is 4.79 Å². The van der Waals surface area contributed by atoms with Crippen LogP contribution in [0.4, 0.5) is 11.5 Å². The lowest BCUT2D eigenvalue weighted by Crippen LogP contribution is -2.20. The van der Waals surface area contributed by atoms with Gasteiger partial charge in [-0.1, -0.05) is 31.5 Å². The number of carbonyl (C=O) groups excluding carboxylic acids is 1. The SMILES string of the molecule is CCC1CCN(c2ccc(NC(=O)c3ccc(Oc4ccccc4)cc3)cn2)C1. The van der Waals surface area contributed by atoms with Crippen LogP contribution in [0.5, 0.6) is 11.5 Å². The van der Waals surface area contributed by atoms with Crippen LogP contribution in [0.1, 0.15) is 30.1 Å². The van der Waals surface area contributed by atoms with Gasteiger partial charge in [0.05, 0.1) is 11.9 Å². The van der Waals surface area contributed by atoms with Gasteiger partial charge in [0, 0.05) is 18.7 Å². The molecule has 5 nitrogen and oxygen atoms in total. The number of anilines is 2. The highest BCUT2D eigenvalue weighted by atomic mass is 16.5. The lowest BCUT2D eigenvalue weighted by Gasteiger charge is -2.17. The minimum atomic E-state index is -0.168. The highest BCUT2D eigenvalue weighted by Gasteiger charge is 2.21. The summed E-state index contributed by atoms with van der Waals surface area (Å²) in [6, 6.07) is 20.5. The normalized spacial score (nSPS) is 15.9. The van der Waals surface area contributed by atoms with Crippen molar-refractivity contribution in [3.63, 3.8) is 0 Å². The first-order chi connectivity index (χ1) is 14.2. The van der Waals surface area contributed by atoms with Crippen molar-refractivity contribution >= 4 is 17.4 Å². The van der Waals surface area contributed by atoms with E-state index in [2.05, 4.69) is 22.1 Å². The van der Waals surface area contributed by atoms with E-state index in [1.807, 2.05) is 42.5 Å². The van der Waals surface area contributed by atoms with Crippen LogP contribution in [0, 0.1) is 5.92 Å². The van der Waals surface area contributed by atoms with E-state index >= 15 is 0 Å². The van der Waals surface area contributed by atoms with Gasteiger partial charge < -0.3 is 15.0 Å². The number of nitrogens with one attached hydrogen (secondary N) is 1. The maximum absolute atomic E-state index is 12.5. The second-order valence-electron chi connectivity index (χ2n) is 7.31. The minimum absolute atomic E-state index is 0.168. The quantitative estimate of drug-likeness (QED) is 0.618. The van der Waals surface area contributed by atoms with Crippen molar-refractivity contribution in [2.24, 2.45) is 5.92 Å². The van der Waals surface area contributed by atoms with E-state index in [0.717, 1.165) is 30.6 Å². The predicted octanol–water partition coefficient (Wildman–Crippen LogP) is 5.36. The molecule has 1 saturated heterocycles. The molecule has 1 unspecified atom stereocenters.